The van der Waals surface area contributed by atoms with Crippen molar-refractivity contribution in [2.24, 2.45) is 0 Å². The first kappa shape index (κ1) is 25.0. The highest BCUT2D eigenvalue weighted by molar-refractivity contribution is 9.10. The highest BCUT2D eigenvalue weighted by Gasteiger charge is 2.40. The summed E-state index contributed by atoms with van der Waals surface area (Å²) < 4.78 is 0.910. The number of rotatable bonds is 7. The van der Waals surface area contributed by atoms with E-state index in [0.717, 1.165) is 9.37 Å². The Morgan fingerprint density at radius 1 is 0.886 bits per heavy atom. The first-order chi connectivity index (χ1) is 16.7. The maximum atomic E-state index is 13.1. The van der Waals surface area contributed by atoms with Gasteiger partial charge in [0.25, 0.3) is 17.7 Å². The zero-order chi connectivity index (χ0) is 25.1. The van der Waals surface area contributed by atoms with E-state index in [-0.39, 0.29) is 29.5 Å². The van der Waals surface area contributed by atoms with Crippen LogP contribution in [0.4, 0.5) is 11.4 Å². The number of thioether (sulfide) groups is 1. The maximum Gasteiger partial charge on any atom is 0.278 e. The maximum absolute atomic E-state index is 13.1. The molecule has 1 heterocycles. The van der Waals surface area contributed by atoms with Gasteiger partial charge in [-0.1, -0.05) is 39.3 Å². The third kappa shape index (κ3) is 5.78. The van der Waals surface area contributed by atoms with Gasteiger partial charge in [0, 0.05) is 37.4 Å². The molecule has 0 radical (unpaired) electrons. The van der Waals surface area contributed by atoms with Crippen molar-refractivity contribution in [2.75, 3.05) is 10.6 Å². The van der Waals surface area contributed by atoms with E-state index in [2.05, 4.69) is 26.6 Å². The lowest BCUT2D eigenvalue weighted by atomic mass is 10.2. The Labute approximate surface area is 220 Å². The lowest BCUT2D eigenvalue weighted by molar-refractivity contribution is -0.139. The summed E-state index contributed by atoms with van der Waals surface area (Å²) in [5.74, 6) is -0.952. The highest BCUT2D eigenvalue weighted by atomic mass is 79.9. The molecule has 178 valence electrons. The zero-order valence-electron chi connectivity index (χ0n) is 18.8. The average molecular weight is 571 g/mol. The minimum Gasteiger partial charge on any atom is -0.350 e. The topological polar surface area (TPSA) is 78.5 Å². The lowest BCUT2D eigenvalue weighted by Gasteiger charge is -2.19. The van der Waals surface area contributed by atoms with Crippen LogP contribution in [0, 0.1) is 0 Å². The monoisotopic (exact) mass is 569 g/mol. The Bertz CT molecular complexity index is 1310. The van der Waals surface area contributed by atoms with Crippen LogP contribution >= 0.6 is 39.3 Å². The number of carbonyl (C=O) groups is 3. The Morgan fingerprint density at radius 3 is 2.09 bits per heavy atom. The van der Waals surface area contributed by atoms with Crippen LogP contribution in [0.15, 0.2) is 92.8 Å². The van der Waals surface area contributed by atoms with Crippen LogP contribution in [-0.4, -0.2) is 28.7 Å². The van der Waals surface area contributed by atoms with E-state index in [1.807, 2.05) is 24.3 Å². The van der Waals surface area contributed by atoms with E-state index >= 15 is 0 Å². The molecule has 1 aliphatic rings. The van der Waals surface area contributed by atoms with E-state index in [0.29, 0.717) is 26.9 Å². The normalized spacial score (nSPS) is 13.6. The molecule has 0 fully saturated rings. The molecular weight excluding hydrogens is 550 g/mol. The van der Waals surface area contributed by atoms with Crippen LogP contribution in [0.2, 0.25) is 5.02 Å². The smallest absolute Gasteiger partial charge is 0.278 e. The number of imide groups is 1. The van der Waals surface area contributed by atoms with E-state index in [9.17, 15) is 14.4 Å². The number of halogens is 2. The minimum absolute atomic E-state index is 0.246. The summed E-state index contributed by atoms with van der Waals surface area (Å²) in [6.45, 7) is 3.61. The van der Waals surface area contributed by atoms with Gasteiger partial charge in [0.1, 0.15) is 10.6 Å². The fourth-order valence-electron chi connectivity index (χ4n) is 3.41. The van der Waals surface area contributed by atoms with Gasteiger partial charge >= 0.3 is 0 Å². The molecule has 0 aliphatic carbocycles. The van der Waals surface area contributed by atoms with E-state index in [1.165, 1.54) is 16.7 Å². The summed E-state index contributed by atoms with van der Waals surface area (Å²) in [5, 5.41) is 6.51. The van der Waals surface area contributed by atoms with Crippen molar-refractivity contribution >= 4 is 68.4 Å². The van der Waals surface area contributed by atoms with Crippen LogP contribution in [0.3, 0.4) is 0 Å². The number of hydrogen-bond donors (Lipinski definition) is 2. The molecule has 35 heavy (non-hydrogen) atoms. The van der Waals surface area contributed by atoms with Crippen molar-refractivity contribution in [3.63, 3.8) is 0 Å². The Morgan fingerprint density at radius 2 is 1.49 bits per heavy atom. The Kier molecular flexibility index (Phi) is 7.64. The minimum atomic E-state index is -0.359. The van der Waals surface area contributed by atoms with Gasteiger partial charge in [-0.2, -0.15) is 0 Å². The molecule has 1 aliphatic heterocycles. The van der Waals surface area contributed by atoms with Crippen molar-refractivity contribution in [3.8, 4) is 0 Å². The molecule has 0 atom stereocenters. The molecule has 9 heteroatoms. The summed E-state index contributed by atoms with van der Waals surface area (Å²) in [7, 11) is 0. The number of nitrogens with zero attached hydrogens (tertiary/aromatic N) is 1. The van der Waals surface area contributed by atoms with Crippen LogP contribution in [0.1, 0.15) is 24.2 Å². The molecule has 3 aromatic rings. The largest absolute Gasteiger partial charge is 0.350 e. The number of benzene rings is 3. The van der Waals surface area contributed by atoms with Gasteiger partial charge in [0.2, 0.25) is 0 Å². The van der Waals surface area contributed by atoms with Gasteiger partial charge in [-0.25, -0.2) is 0 Å². The number of amides is 3. The molecule has 4 rings (SSSR count). The molecule has 3 aromatic carbocycles. The van der Waals surface area contributed by atoms with Gasteiger partial charge in [0.15, 0.2) is 0 Å². The molecule has 0 aromatic heterocycles. The third-order valence-electron chi connectivity index (χ3n) is 5.14. The number of carbonyl (C=O) groups excluding carboxylic acids is 3. The second-order valence-electron chi connectivity index (χ2n) is 8.00. The zero-order valence-corrected chi connectivity index (χ0v) is 22.0. The summed E-state index contributed by atoms with van der Waals surface area (Å²) in [5.41, 5.74) is 2.05. The summed E-state index contributed by atoms with van der Waals surface area (Å²) in [6.07, 6.45) is 0. The Balaban J connectivity index is 1.54. The van der Waals surface area contributed by atoms with Crippen LogP contribution < -0.4 is 10.6 Å². The predicted octanol–water partition coefficient (Wildman–Crippen LogP) is 6.55. The number of anilines is 2. The first-order valence-corrected chi connectivity index (χ1v) is 12.7. The van der Waals surface area contributed by atoms with Gasteiger partial charge in [-0.3, -0.25) is 19.3 Å². The fraction of sp³-hybridized carbons (Fsp3) is 0.115. The molecule has 0 bridgehead atoms. The van der Waals surface area contributed by atoms with Crippen molar-refractivity contribution < 1.29 is 14.4 Å². The second kappa shape index (κ2) is 10.7. The Hall–Kier alpha value is -3.07. The highest BCUT2D eigenvalue weighted by Crippen LogP contribution is 2.37. The van der Waals surface area contributed by atoms with Gasteiger partial charge in [-0.05, 0) is 86.6 Å². The van der Waals surface area contributed by atoms with E-state index in [4.69, 9.17) is 11.6 Å². The summed E-state index contributed by atoms with van der Waals surface area (Å²) in [6, 6.07) is 20.8. The fourth-order valence-corrected chi connectivity index (χ4v) is 4.73. The van der Waals surface area contributed by atoms with Crippen LogP contribution in [0.5, 0.6) is 0 Å². The van der Waals surface area contributed by atoms with Gasteiger partial charge < -0.3 is 10.6 Å². The molecule has 0 saturated heterocycles. The van der Waals surface area contributed by atoms with Crippen LogP contribution in [0.25, 0.3) is 0 Å². The van der Waals surface area contributed by atoms with Crippen molar-refractivity contribution in [1.82, 2.24) is 4.90 Å². The molecule has 0 saturated carbocycles. The molecule has 3 amide bonds. The number of nitrogens with one attached hydrogen (secondary N) is 2. The standard InChI is InChI=1S/C26H21BrClN3O3S/c1-15(2)31-25(33)22(29-19-9-5-17(27)6-10-19)23(26(31)34)35-21-13-11-20(12-14-21)30-24(32)16-3-7-18(28)8-4-16/h3-15,29H,1-2H3,(H,30,32). The summed E-state index contributed by atoms with van der Waals surface area (Å²) in [4.78, 5) is 41.0. The third-order valence-corrected chi connectivity index (χ3v) is 7.01. The molecular formula is C26H21BrClN3O3S. The molecule has 6 nitrogen and oxygen atoms in total. The van der Waals surface area contributed by atoms with Gasteiger partial charge in [0.05, 0.1) is 0 Å². The lowest BCUT2D eigenvalue weighted by Crippen LogP contribution is -2.38. The first-order valence-electron chi connectivity index (χ1n) is 10.7. The average Bonchev–Trinajstić information content (AvgIpc) is 3.06. The second-order valence-corrected chi connectivity index (χ2v) is 10.4. The summed E-state index contributed by atoms with van der Waals surface area (Å²) >= 11 is 10.5. The molecule has 2 N–H and O–H groups in total. The van der Waals surface area contributed by atoms with E-state index in [1.54, 1.807) is 62.4 Å². The van der Waals surface area contributed by atoms with E-state index < -0.39 is 0 Å². The number of hydrogen-bond acceptors (Lipinski definition) is 5. The predicted molar refractivity (Wildman–Crippen MR) is 143 cm³/mol. The molecule has 0 unspecified atom stereocenters. The van der Waals surface area contributed by atoms with Gasteiger partial charge in [-0.15, -0.1) is 0 Å². The van der Waals surface area contributed by atoms with Crippen molar-refractivity contribution in [2.45, 2.75) is 24.8 Å². The quantitative estimate of drug-likeness (QED) is 0.315. The molecule has 0 spiro atoms. The van der Waals surface area contributed by atoms with Crippen molar-refractivity contribution in [3.05, 3.63) is 98.5 Å². The SMILES string of the molecule is CC(C)N1C(=O)C(Nc2ccc(Br)cc2)=C(Sc2ccc(NC(=O)c3ccc(Cl)cc3)cc2)C1=O. The van der Waals surface area contributed by atoms with Crippen LogP contribution in [-0.2, 0) is 9.59 Å². The van der Waals surface area contributed by atoms with Crippen molar-refractivity contribution in [1.29, 1.82) is 0 Å².